The summed E-state index contributed by atoms with van der Waals surface area (Å²) in [7, 11) is 0. The van der Waals surface area contributed by atoms with Crippen LogP contribution < -0.4 is 27.4 Å². The molecule has 13 heteroatoms. The van der Waals surface area contributed by atoms with Gasteiger partial charge in [-0.25, -0.2) is 4.79 Å². The van der Waals surface area contributed by atoms with Crippen molar-refractivity contribution in [3.63, 3.8) is 0 Å². The van der Waals surface area contributed by atoms with Crippen LogP contribution in [0, 0.1) is 0 Å². The van der Waals surface area contributed by atoms with Crippen LogP contribution in [0.3, 0.4) is 0 Å². The summed E-state index contributed by atoms with van der Waals surface area (Å²) in [6.07, 6.45) is 2.26. The number of aliphatic carboxylic acids is 1. The highest BCUT2D eigenvalue weighted by molar-refractivity contribution is 5.96. The van der Waals surface area contributed by atoms with Gasteiger partial charge in [-0.15, -0.1) is 0 Å². The minimum atomic E-state index is -1.24. The van der Waals surface area contributed by atoms with E-state index in [1.54, 1.807) is 30.3 Å². The Morgan fingerprint density at radius 3 is 2.16 bits per heavy atom. The molecule has 0 aromatic heterocycles. The van der Waals surface area contributed by atoms with Crippen molar-refractivity contribution in [1.29, 1.82) is 0 Å². The highest BCUT2D eigenvalue weighted by Gasteiger charge is 2.46. The van der Waals surface area contributed by atoms with Crippen molar-refractivity contribution < 1.29 is 29.1 Å². The van der Waals surface area contributed by atoms with Gasteiger partial charge in [-0.1, -0.05) is 60.7 Å². The highest BCUT2D eigenvalue weighted by Crippen LogP contribution is 2.33. The topological polar surface area (TPSA) is 209 Å². The maximum Gasteiger partial charge on any atom is 0.326 e. The molecule has 4 amide bonds. The molecule has 13 nitrogen and oxygen atoms in total. The van der Waals surface area contributed by atoms with Crippen LogP contribution in [0.2, 0.25) is 0 Å². The van der Waals surface area contributed by atoms with Gasteiger partial charge in [-0.3, -0.25) is 24.2 Å². The van der Waals surface area contributed by atoms with E-state index in [9.17, 15) is 29.1 Å². The maximum atomic E-state index is 13.6. The van der Waals surface area contributed by atoms with Gasteiger partial charge in [-0.05, 0) is 43.2 Å². The fraction of sp³-hybridized carbons (Fsp3) is 0.419. The Balaban J connectivity index is 1.42. The summed E-state index contributed by atoms with van der Waals surface area (Å²) >= 11 is 0. The lowest BCUT2D eigenvalue weighted by Gasteiger charge is -2.38. The molecule has 1 unspecified atom stereocenters. The van der Waals surface area contributed by atoms with Crippen LogP contribution in [-0.2, 0) is 36.8 Å². The molecule has 2 aromatic carbocycles. The number of carboxylic acids is 1. The molecule has 0 aliphatic carbocycles. The Morgan fingerprint density at radius 2 is 1.52 bits per heavy atom. The fourth-order valence-corrected chi connectivity index (χ4v) is 5.76. The lowest BCUT2D eigenvalue weighted by atomic mass is 9.97. The van der Waals surface area contributed by atoms with Gasteiger partial charge in [-0.2, -0.15) is 0 Å². The molecule has 2 heterocycles. The number of nitrogens with one attached hydrogen (secondary N) is 3. The number of rotatable bonds is 13. The SMILES string of the molecule is NC(N)=NCC[C@H](NC(=O)[C@@H]1CC[C@@H]2CCC(NC(=O)Cc3ccccc3)C(=O)N21)C(=O)N[C@@H](Cc1ccccc1)C(=O)O. The summed E-state index contributed by atoms with van der Waals surface area (Å²) < 4.78 is 0. The molecule has 8 N–H and O–H groups in total. The minimum Gasteiger partial charge on any atom is -0.480 e. The number of carboxylic acid groups (broad SMARTS) is 1. The lowest BCUT2D eigenvalue weighted by Crippen LogP contribution is -2.60. The summed E-state index contributed by atoms with van der Waals surface area (Å²) in [4.78, 5) is 70.5. The second-order valence-electron chi connectivity index (χ2n) is 11.1. The molecule has 0 saturated carbocycles. The molecule has 0 bridgehead atoms. The van der Waals surface area contributed by atoms with Gasteiger partial charge in [0.1, 0.15) is 24.2 Å². The summed E-state index contributed by atoms with van der Waals surface area (Å²) in [5, 5.41) is 17.8. The number of piperidine rings is 1. The normalized spacial score (nSPS) is 20.5. The Labute approximate surface area is 255 Å². The fourth-order valence-electron chi connectivity index (χ4n) is 5.76. The Morgan fingerprint density at radius 1 is 0.886 bits per heavy atom. The molecule has 2 saturated heterocycles. The molecule has 2 aliphatic rings. The standard InChI is InChI=1S/C31H39N7O6/c32-31(33)34-16-15-22(27(40)37-24(30(43)44)17-19-7-3-1-4-8-19)36-28(41)25-14-12-21-11-13-23(29(42)38(21)25)35-26(39)18-20-9-5-2-6-10-20/h1-10,21-25H,11-18H2,(H,35,39)(H,36,41)(H,37,40)(H,43,44)(H4,32,33,34)/t21-,22-,23?,24-,25-/m0/s1. The predicted molar refractivity (Wildman–Crippen MR) is 162 cm³/mol. The van der Waals surface area contributed by atoms with Crippen molar-refractivity contribution in [2.45, 2.75) is 75.2 Å². The molecule has 2 aliphatic heterocycles. The second kappa shape index (κ2) is 15.0. The molecular formula is C31H39N7O6. The largest absolute Gasteiger partial charge is 0.480 e. The van der Waals surface area contributed by atoms with Crippen molar-refractivity contribution in [2.75, 3.05) is 6.54 Å². The van der Waals surface area contributed by atoms with E-state index in [1.165, 1.54) is 4.90 Å². The first-order valence-corrected chi connectivity index (χ1v) is 14.7. The molecule has 0 spiro atoms. The number of hydrogen-bond donors (Lipinski definition) is 6. The number of amides is 4. The first kappa shape index (κ1) is 32.0. The number of guanidine groups is 1. The van der Waals surface area contributed by atoms with E-state index in [2.05, 4.69) is 20.9 Å². The average molecular weight is 606 g/mol. The third-order valence-corrected chi connectivity index (χ3v) is 7.93. The van der Waals surface area contributed by atoms with E-state index in [-0.39, 0.29) is 49.6 Å². The predicted octanol–water partition coefficient (Wildman–Crippen LogP) is -0.172. The van der Waals surface area contributed by atoms with E-state index in [0.29, 0.717) is 31.2 Å². The van der Waals surface area contributed by atoms with Crippen molar-refractivity contribution in [2.24, 2.45) is 16.5 Å². The molecule has 44 heavy (non-hydrogen) atoms. The number of nitrogens with zero attached hydrogens (tertiary/aromatic N) is 2. The Bertz CT molecular complexity index is 1370. The van der Waals surface area contributed by atoms with Gasteiger partial charge >= 0.3 is 5.97 Å². The van der Waals surface area contributed by atoms with Crippen LogP contribution in [-0.4, -0.2) is 82.3 Å². The monoisotopic (exact) mass is 605 g/mol. The van der Waals surface area contributed by atoms with Crippen LogP contribution >= 0.6 is 0 Å². The lowest BCUT2D eigenvalue weighted by molar-refractivity contribution is -0.146. The van der Waals surface area contributed by atoms with Crippen LogP contribution in [0.15, 0.2) is 65.7 Å². The number of fused-ring (bicyclic) bond motifs is 1. The third kappa shape index (κ3) is 8.55. The van der Waals surface area contributed by atoms with Crippen molar-refractivity contribution >= 4 is 35.6 Å². The molecule has 4 rings (SSSR count). The minimum absolute atomic E-state index is 0.00256. The quantitative estimate of drug-likeness (QED) is 0.133. The molecule has 2 fully saturated rings. The van der Waals surface area contributed by atoms with Crippen molar-refractivity contribution in [3.05, 3.63) is 71.8 Å². The number of aliphatic imine (C=N–C) groups is 1. The van der Waals surface area contributed by atoms with Gasteiger partial charge in [0.05, 0.1) is 6.42 Å². The van der Waals surface area contributed by atoms with Gasteiger partial charge in [0.2, 0.25) is 23.6 Å². The maximum absolute atomic E-state index is 13.6. The highest BCUT2D eigenvalue weighted by atomic mass is 16.4. The van der Waals surface area contributed by atoms with E-state index in [4.69, 9.17) is 11.5 Å². The van der Waals surface area contributed by atoms with Gasteiger partial charge in [0.25, 0.3) is 0 Å². The van der Waals surface area contributed by atoms with Crippen molar-refractivity contribution in [3.8, 4) is 0 Å². The van der Waals surface area contributed by atoms with Gasteiger partial charge in [0, 0.05) is 19.0 Å². The molecule has 2 aromatic rings. The zero-order chi connectivity index (χ0) is 31.6. The van der Waals surface area contributed by atoms with Gasteiger partial charge in [0.15, 0.2) is 5.96 Å². The summed E-state index contributed by atoms with van der Waals surface area (Å²) in [6.45, 7) is 0.00256. The number of carbonyl (C=O) groups excluding carboxylic acids is 4. The van der Waals surface area contributed by atoms with Crippen molar-refractivity contribution in [1.82, 2.24) is 20.9 Å². The number of hydrogen-bond acceptors (Lipinski definition) is 6. The summed E-state index contributed by atoms with van der Waals surface area (Å²) in [5.74, 6) is -3.30. The third-order valence-electron chi connectivity index (χ3n) is 7.93. The van der Waals surface area contributed by atoms with E-state index in [0.717, 1.165) is 5.56 Å². The van der Waals surface area contributed by atoms with Crippen LogP contribution in [0.5, 0.6) is 0 Å². The van der Waals surface area contributed by atoms with Gasteiger partial charge < -0.3 is 37.4 Å². The van der Waals surface area contributed by atoms with Crippen LogP contribution in [0.25, 0.3) is 0 Å². The number of carbonyl (C=O) groups is 5. The summed E-state index contributed by atoms with van der Waals surface area (Å²) in [6, 6.07) is 13.9. The smallest absolute Gasteiger partial charge is 0.326 e. The first-order valence-electron chi connectivity index (χ1n) is 14.7. The van der Waals surface area contributed by atoms with E-state index >= 15 is 0 Å². The van der Waals surface area contributed by atoms with E-state index < -0.39 is 42.0 Å². The molecule has 5 atom stereocenters. The summed E-state index contributed by atoms with van der Waals surface area (Å²) in [5.41, 5.74) is 12.4. The first-order chi connectivity index (χ1) is 21.1. The van der Waals surface area contributed by atoms with Crippen LogP contribution in [0.1, 0.15) is 43.2 Å². The van der Waals surface area contributed by atoms with E-state index in [1.807, 2.05) is 30.3 Å². The van der Waals surface area contributed by atoms with Crippen LogP contribution in [0.4, 0.5) is 0 Å². The second-order valence-corrected chi connectivity index (χ2v) is 11.1. The number of nitrogens with two attached hydrogens (primary N) is 2. The zero-order valence-corrected chi connectivity index (χ0v) is 24.4. The molecular weight excluding hydrogens is 566 g/mol. The Hall–Kier alpha value is -4.94. The number of benzene rings is 2. The average Bonchev–Trinajstić information content (AvgIpc) is 3.44. The molecule has 234 valence electrons. The Kier molecular flexibility index (Phi) is 10.9. The zero-order valence-electron chi connectivity index (χ0n) is 24.4. The molecule has 0 radical (unpaired) electrons.